The van der Waals surface area contributed by atoms with E-state index in [1.165, 1.54) is 0 Å². The van der Waals surface area contributed by atoms with E-state index in [-0.39, 0.29) is 17.7 Å². The summed E-state index contributed by atoms with van der Waals surface area (Å²) in [6.45, 7) is 2.35. The van der Waals surface area contributed by atoms with Crippen molar-refractivity contribution in [2.45, 2.75) is 51.4 Å². The quantitative estimate of drug-likeness (QED) is 0.619. The summed E-state index contributed by atoms with van der Waals surface area (Å²) in [6, 6.07) is 0. The maximum absolute atomic E-state index is 11.9. The number of nitrogens with zero attached hydrogens (tertiary/aromatic N) is 1. The van der Waals surface area contributed by atoms with E-state index in [0.29, 0.717) is 13.0 Å². The predicted octanol–water partition coefficient (Wildman–Crippen LogP) is 2.25. The molecule has 0 aromatic heterocycles. The normalized spacial score (nSPS) is 23.5. The van der Waals surface area contributed by atoms with Gasteiger partial charge in [-0.05, 0) is 38.5 Å². The van der Waals surface area contributed by atoms with E-state index in [4.69, 9.17) is 0 Å². The molecule has 0 saturated carbocycles. The zero-order chi connectivity index (χ0) is 14.2. The van der Waals surface area contributed by atoms with Crippen LogP contribution >= 0.6 is 0 Å². The van der Waals surface area contributed by atoms with Crippen molar-refractivity contribution in [3.8, 4) is 0 Å². The van der Waals surface area contributed by atoms with Crippen molar-refractivity contribution in [1.29, 1.82) is 0 Å². The number of rotatable bonds is 5. The Labute approximate surface area is 121 Å². The average molecular weight is 278 g/mol. The summed E-state index contributed by atoms with van der Waals surface area (Å²) in [7, 11) is 0. The largest absolute Gasteiger partial charge is 0.356 e. The minimum absolute atomic E-state index is 0.153. The van der Waals surface area contributed by atoms with E-state index in [1.807, 2.05) is 4.90 Å². The van der Waals surface area contributed by atoms with Gasteiger partial charge in [-0.25, -0.2) is 0 Å². The SMILES string of the molecule is O=C(NCCCN1CCCCCC1=O)[C@@H]1CC=CCC1. The number of likely N-dealkylation sites (tertiary alicyclic amines) is 1. The van der Waals surface area contributed by atoms with Crippen LogP contribution in [0, 0.1) is 5.92 Å². The molecule has 1 aliphatic carbocycles. The summed E-state index contributed by atoms with van der Waals surface area (Å²) in [5.74, 6) is 0.614. The molecule has 112 valence electrons. The standard InChI is InChI=1S/C16H26N2O2/c19-15-10-5-2-6-12-18(15)13-7-11-17-16(20)14-8-3-1-4-9-14/h1,3,14H,2,4-13H2,(H,17,20)/t14-/m1/s1. The second kappa shape index (κ2) is 8.08. The second-order valence-corrected chi connectivity index (χ2v) is 5.82. The molecule has 2 amide bonds. The van der Waals surface area contributed by atoms with Gasteiger partial charge in [0.05, 0.1) is 0 Å². The highest BCUT2D eigenvalue weighted by Gasteiger charge is 2.19. The van der Waals surface area contributed by atoms with Crippen molar-refractivity contribution in [2.75, 3.05) is 19.6 Å². The molecule has 0 unspecified atom stereocenters. The Morgan fingerprint density at radius 3 is 3.00 bits per heavy atom. The van der Waals surface area contributed by atoms with Crippen LogP contribution in [-0.4, -0.2) is 36.3 Å². The van der Waals surface area contributed by atoms with Crippen molar-refractivity contribution in [1.82, 2.24) is 10.2 Å². The first kappa shape index (κ1) is 15.1. The predicted molar refractivity (Wildman–Crippen MR) is 79.2 cm³/mol. The fourth-order valence-electron chi connectivity index (χ4n) is 2.93. The zero-order valence-corrected chi connectivity index (χ0v) is 12.3. The molecule has 0 spiro atoms. The molecule has 1 heterocycles. The van der Waals surface area contributed by atoms with Crippen molar-refractivity contribution in [3.05, 3.63) is 12.2 Å². The number of amides is 2. The number of allylic oxidation sites excluding steroid dienone is 2. The first-order chi connectivity index (χ1) is 9.77. The molecule has 20 heavy (non-hydrogen) atoms. The highest BCUT2D eigenvalue weighted by molar-refractivity contribution is 5.79. The Balaban J connectivity index is 1.61. The molecule has 2 aliphatic rings. The van der Waals surface area contributed by atoms with Crippen molar-refractivity contribution in [3.63, 3.8) is 0 Å². The third kappa shape index (κ3) is 4.66. The number of carbonyl (C=O) groups is 2. The summed E-state index contributed by atoms with van der Waals surface area (Å²) < 4.78 is 0. The van der Waals surface area contributed by atoms with Crippen LogP contribution in [0.4, 0.5) is 0 Å². The molecule has 0 aromatic carbocycles. The van der Waals surface area contributed by atoms with Crippen molar-refractivity contribution >= 4 is 11.8 Å². The van der Waals surface area contributed by atoms with E-state index in [9.17, 15) is 9.59 Å². The minimum atomic E-state index is 0.153. The molecule has 4 nitrogen and oxygen atoms in total. The molecule has 0 radical (unpaired) electrons. The molecule has 1 aliphatic heterocycles. The molecular formula is C16H26N2O2. The van der Waals surface area contributed by atoms with Crippen molar-refractivity contribution < 1.29 is 9.59 Å². The van der Waals surface area contributed by atoms with E-state index >= 15 is 0 Å². The summed E-state index contributed by atoms with van der Waals surface area (Å²) in [4.78, 5) is 25.7. The van der Waals surface area contributed by atoms with Crippen LogP contribution < -0.4 is 5.32 Å². The average Bonchev–Trinajstić information content (AvgIpc) is 2.69. The lowest BCUT2D eigenvalue weighted by Crippen LogP contribution is -2.36. The third-order valence-electron chi connectivity index (χ3n) is 4.22. The zero-order valence-electron chi connectivity index (χ0n) is 12.3. The van der Waals surface area contributed by atoms with Gasteiger partial charge in [0.25, 0.3) is 0 Å². The van der Waals surface area contributed by atoms with E-state index in [0.717, 1.165) is 58.0 Å². The Kier molecular flexibility index (Phi) is 6.09. The Hall–Kier alpha value is -1.32. The molecule has 1 fully saturated rings. The molecule has 1 N–H and O–H groups in total. The molecule has 4 heteroatoms. The molecule has 1 atom stereocenters. The first-order valence-corrected chi connectivity index (χ1v) is 7.98. The van der Waals surface area contributed by atoms with Gasteiger partial charge in [-0.15, -0.1) is 0 Å². The van der Waals surface area contributed by atoms with Gasteiger partial charge in [0.2, 0.25) is 11.8 Å². The monoisotopic (exact) mass is 278 g/mol. The highest BCUT2D eigenvalue weighted by atomic mass is 16.2. The van der Waals surface area contributed by atoms with Crippen LogP contribution in [-0.2, 0) is 9.59 Å². The maximum atomic E-state index is 11.9. The summed E-state index contributed by atoms with van der Waals surface area (Å²) in [5, 5.41) is 3.01. The third-order valence-corrected chi connectivity index (χ3v) is 4.22. The van der Waals surface area contributed by atoms with Crippen molar-refractivity contribution in [2.24, 2.45) is 5.92 Å². The maximum Gasteiger partial charge on any atom is 0.223 e. The van der Waals surface area contributed by atoms with Crippen LogP contribution in [0.15, 0.2) is 12.2 Å². The fraction of sp³-hybridized carbons (Fsp3) is 0.750. The van der Waals surface area contributed by atoms with Gasteiger partial charge in [0, 0.05) is 32.0 Å². The van der Waals surface area contributed by atoms with Crippen LogP contribution in [0.5, 0.6) is 0 Å². The molecule has 1 saturated heterocycles. The van der Waals surface area contributed by atoms with E-state index in [2.05, 4.69) is 17.5 Å². The van der Waals surface area contributed by atoms with Gasteiger partial charge >= 0.3 is 0 Å². The summed E-state index contributed by atoms with van der Waals surface area (Å²) in [5.41, 5.74) is 0. The van der Waals surface area contributed by atoms with Crippen LogP contribution in [0.1, 0.15) is 51.4 Å². The van der Waals surface area contributed by atoms with Crippen LogP contribution in [0.3, 0.4) is 0 Å². The molecule has 0 bridgehead atoms. The minimum Gasteiger partial charge on any atom is -0.356 e. The first-order valence-electron chi connectivity index (χ1n) is 7.98. The lowest BCUT2D eigenvalue weighted by Gasteiger charge is -2.21. The molecule has 0 aromatic rings. The lowest BCUT2D eigenvalue weighted by atomic mass is 9.94. The summed E-state index contributed by atoms with van der Waals surface area (Å²) >= 11 is 0. The number of hydrogen-bond donors (Lipinski definition) is 1. The van der Waals surface area contributed by atoms with Gasteiger partial charge in [-0.3, -0.25) is 9.59 Å². The summed E-state index contributed by atoms with van der Waals surface area (Å²) in [6.07, 6.45) is 12.0. The van der Waals surface area contributed by atoms with Gasteiger partial charge in [-0.1, -0.05) is 18.6 Å². The smallest absolute Gasteiger partial charge is 0.223 e. The number of nitrogens with one attached hydrogen (secondary N) is 1. The molecular weight excluding hydrogens is 252 g/mol. The lowest BCUT2D eigenvalue weighted by molar-refractivity contribution is -0.130. The molecule has 2 rings (SSSR count). The van der Waals surface area contributed by atoms with Gasteiger partial charge in [0.1, 0.15) is 0 Å². The second-order valence-electron chi connectivity index (χ2n) is 5.82. The van der Waals surface area contributed by atoms with Crippen LogP contribution in [0.25, 0.3) is 0 Å². The van der Waals surface area contributed by atoms with Gasteiger partial charge in [0.15, 0.2) is 0 Å². The highest BCUT2D eigenvalue weighted by Crippen LogP contribution is 2.18. The fourth-order valence-corrected chi connectivity index (χ4v) is 2.93. The Bertz CT molecular complexity index is 365. The number of hydrogen-bond acceptors (Lipinski definition) is 2. The Morgan fingerprint density at radius 2 is 2.20 bits per heavy atom. The topological polar surface area (TPSA) is 49.4 Å². The van der Waals surface area contributed by atoms with Gasteiger partial charge < -0.3 is 10.2 Å². The van der Waals surface area contributed by atoms with Crippen LogP contribution in [0.2, 0.25) is 0 Å². The van der Waals surface area contributed by atoms with E-state index in [1.54, 1.807) is 0 Å². The number of carbonyl (C=O) groups excluding carboxylic acids is 2. The van der Waals surface area contributed by atoms with Gasteiger partial charge in [-0.2, -0.15) is 0 Å². The van der Waals surface area contributed by atoms with E-state index < -0.39 is 0 Å². The Morgan fingerprint density at radius 1 is 1.30 bits per heavy atom.